The number of alkyl halides is 3. The molecular formula is C26H18ClF4N3O3S2. The topological polar surface area (TPSA) is 102 Å². The summed E-state index contributed by atoms with van der Waals surface area (Å²) in [4.78, 5) is 26.0. The van der Waals surface area contributed by atoms with E-state index in [0.717, 1.165) is 23.5 Å². The molecule has 2 aromatic carbocycles. The van der Waals surface area contributed by atoms with E-state index in [1.807, 2.05) is 11.4 Å². The van der Waals surface area contributed by atoms with Crippen molar-refractivity contribution in [3.05, 3.63) is 97.9 Å². The maximum atomic E-state index is 14.6. The lowest BCUT2D eigenvalue weighted by Gasteiger charge is -2.45. The van der Waals surface area contributed by atoms with Gasteiger partial charge in [-0.25, -0.2) is 4.39 Å². The van der Waals surface area contributed by atoms with Gasteiger partial charge in [-0.2, -0.15) is 18.4 Å². The van der Waals surface area contributed by atoms with E-state index in [-0.39, 0.29) is 26.7 Å². The first-order valence-electron chi connectivity index (χ1n) is 11.2. The van der Waals surface area contributed by atoms with Crippen molar-refractivity contribution in [2.24, 2.45) is 5.92 Å². The van der Waals surface area contributed by atoms with Crippen LogP contribution in [0.1, 0.15) is 21.2 Å². The van der Waals surface area contributed by atoms with Crippen LogP contribution in [-0.2, 0) is 4.79 Å². The number of anilines is 1. The lowest BCUT2D eigenvalue weighted by molar-refractivity contribution is -0.285. The Labute approximate surface area is 233 Å². The summed E-state index contributed by atoms with van der Waals surface area (Å²) in [6, 6.07) is 15.3. The fourth-order valence-electron chi connectivity index (χ4n) is 4.19. The van der Waals surface area contributed by atoms with E-state index >= 15 is 0 Å². The number of thiophene rings is 1. The normalized spacial score (nSPS) is 21.2. The number of allylic oxidation sites excluding steroid dienone is 1. The zero-order valence-electron chi connectivity index (χ0n) is 19.6. The van der Waals surface area contributed by atoms with Crippen molar-refractivity contribution < 1.29 is 32.3 Å². The Morgan fingerprint density at radius 2 is 1.85 bits per heavy atom. The Bertz CT molecular complexity index is 1460. The van der Waals surface area contributed by atoms with Gasteiger partial charge in [-0.05, 0) is 47.3 Å². The summed E-state index contributed by atoms with van der Waals surface area (Å²) in [7, 11) is 0. The molecule has 13 heteroatoms. The first kappa shape index (κ1) is 28.6. The van der Waals surface area contributed by atoms with Crippen molar-refractivity contribution in [2.45, 2.75) is 17.8 Å². The predicted octanol–water partition coefficient (Wildman–Crippen LogP) is 6.08. The molecule has 2 heterocycles. The second kappa shape index (κ2) is 11.4. The summed E-state index contributed by atoms with van der Waals surface area (Å²) < 4.78 is 56.9. The molecule has 0 saturated heterocycles. The second-order valence-electron chi connectivity index (χ2n) is 8.41. The minimum Gasteiger partial charge on any atom is -0.363 e. The molecule has 0 radical (unpaired) electrons. The van der Waals surface area contributed by atoms with Gasteiger partial charge in [-0.3, -0.25) is 9.59 Å². The molecule has 0 aliphatic carbocycles. The largest absolute Gasteiger partial charge is 0.437 e. The van der Waals surface area contributed by atoms with Crippen molar-refractivity contribution in [2.75, 3.05) is 11.1 Å². The van der Waals surface area contributed by atoms with E-state index in [9.17, 15) is 37.5 Å². The number of nitrogens with zero attached hydrogens (tertiary/aromatic N) is 1. The van der Waals surface area contributed by atoms with Crippen molar-refractivity contribution in [3.63, 3.8) is 0 Å². The molecule has 0 saturated carbocycles. The van der Waals surface area contributed by atoms with E-state index < -0.39 is 52.0 Å². The molecule has 0 spiro atoms. The SMILES string of the molecule is N#CC1=C(SCC(=O)Nc2ccc(F)cc2)N[C@](O)(C(F)(F)F)[C@H](C(=O)c2cccs2)[C@@H]1c1ccccc1Cl. The van der Waals surface area contributed by atoms with E-state index in [2.05, 4.69) is 5.32 Å². The third-order valence-corrected chi connectivity index (χ3v) is 8.20. The van der Waals surface area contributed by atoms with Crippen LogP contribution in [0.3, 0.4) is 0 Å². The van der Waals surface area contributed by atoms with Crippen LogP contribution in [0, 0.1) is 23.1 Å². The Hall–Kier alpha value is -3.37. The summed E-state index contributed by atoms with van der Waals surface area (Å²) in [5, 5.41) is 26.8. The molecule has 3 aromatic rings. The molecule has 6 nitrogen and oxygen atoms in total. The van der Waals surface area contributed by atoms with Crippen molar-refractivity contribution >= 4 is 52.1 Å². The van der Waals surface area contributed by atoms with Crippen LogP contribution < -0.4 is 10.6 Å². The lowest BCUT2D eigenvalue weighted by Crippen LogP contribution is -2.66. The van der Waals surface area contributed by atoms with Gasteiger partial charge in [-0.15, -0.1) is 11.3 Å². The van der Waals surface area contributed by atoms with Gasteiger partial charge in [0.25, 0.3) is 0 Å². The number of nitrogens with one attached hydrogen (secondary N) is 2. The van der Waals surface area contributed by atoms with Crippen LogP contribution in [0.25, 0.3) is 0 Å². The molecule has 1 aliphatic rings. The fraction of sp³-hybridized carbons (Fsp3) is 0.192. The predicted molar refractivity (Wildman–Crippen MR) is 141 cm³/mol. The first-order valence-corrected chi connectivity index (χ1v) is 13.4. The second-order valence-corrected chi connectivity index (χ2v) is 10.7. The standard InChI is InChI=1S/C26H18ClF4N3O3S2/c27-18-5-2-1-4-16(18)21-17(12-32)24(39-13-20(35)33-15-9-7-14(28)8-10-15)34-25(37,26(29,30)31)22(21)23(36)19-6-3-11-38-19/h1-11,21-22,34,37H,13H2,(H,33,35)/t21-,22+,25-/m1/s1. The van der Waals surface area contributed by atoms with Gasteiger partial charge in [0.2, 0.25) is 11.6 Å². The highest BCUT2D eigenvalue weighted by Gasteiger charge is 2.66. The van der Waals surface area contributed by atoms with E-state index in [0.29, 0.717) is 11.8 Å². The number of rotatable bonds is 7. The third-order valence-electron chi connectivity index (χ3n) is 5.96. The van der Waals surface area contributed by atoms with Crippen molar-refractivity contribution in [1.29, 1.82) is 5.26 Å². The van der Waals surface area contributed by atoms with E-state index in [1.54, 1.807) is 0 Å². The van der Waals surface area contributed by atoms with Crippen LogP contribution in [-0.4, -0.2) is 34.5 Å². The number of nitriles is 1. The molecule has 3 N–H and O–H groups in total. The molecule has 1 aliphatic heterocycles. The highest BCUT2D eigenvalue weighted by atomic mass is 35.5. The van der Waals surface area contributed by atoms with Gasteiger partial charge in [0.1, 0.15) is 5.82 Å². The molecule has 39 heavy (non-hydrogen) atoms. The van der Waals surface area contributed by atoms with Crippen LogP contribution in [0.4, 0.5) is 23.2 Å². The maximum absolute atomic E-state index is 14.6. The number of carbonyl (C=O) groups is 2. The number of amides is 1. The molecule has 4 rings (SSSR count). The number of thioether (sulfide) groups is 1. The Morgan fingerprint density at radius 3 is 2.44 bits per heavy atom. The zero-order valence-corrected chi connectivity index (χ0v) is 22.0. The summed E-state index contributed by atoms with van der Waals surface area (Å²) >= 11 is 7.77. The molecule has 202 valence electrons. The number of carbonyl (C=O) groups excluding carboxylic acids is 2. The summed E-state index contributed by atoms with van der Waals surface area (Å²) in [5.41, 5.74) is -3.83. The van der Waals surface area contributed by atoms with Crippen LogP contribution in [0.2, 0.25) is 5.02 Å². The Balaban J connectivity index is 1.79. The molecule has 0 fully saturated rings. The van der Waals surface area contributed by atoms with Gasteiger partial charge < -0.3 is 15.7 Å². The number of aliphatic hydroxyl groups is 1. The molecule has 0 unspecified atom stereocenters. The molecule has 0 bridgehead atoms. The Morgan fingerprint density at radius 1 is 1.15 bits per heavy atom. The van der Waals surface area contributed by atoms with Crippen LogP contribution in [0.5, 0.6) is 0 Å². The minimum absolute atomic E-state index is 0.0101. The van der Waals surface area contributed by atoms with Gasteiger partial charge in [0, 0.05) is 16.6 Å². The van der Waals surface area contributed by atoms with Crippen molar-refractivity contribution in [1.82, 2.24) is 5.32 Å². The number of halogens is 5. The number of benzene rings is 2. The molecule has 3 atom stereocenters. The number of Topliss-reactive ketones (excluding diaryl/α,β-unsaturated/α-hetero) is 1. The molecule has 1 amide bonds. The average molecular weight is 596 g/mol. The highest BCUT2D eigenvalue weighted by molar-refractivity contribution is 8.03. The van der Waals surface area contributed by atoms with E-state index in [4.69, 9.17) is 11.6 Å². The highest BCUT2D eigenvalue weighted by Crippen LogP contribution is 2.52. The summed E-state index contributed by atoms with van der Waals surface area (Å²) in [6.07, 6.45) is -5.38. The smallest absolute Gasteiger partial charge is 0.363 e. The zero-order chi connectivity index (χ0) is 28.4. The number of hydrogen-bond donors (Lipinski definition) is 3. The Kier molecular flexibility index (Phi) is 8.37. The monoisotopic (exact) mass is 595 g/mol. The minimum atomic E-state index is -5.38. The number of hydrogen-bond acceptors (Lipinski definition) is 7. The third kappa shape index (κ3) is 5.81. The fourth-order valence-corrected chi connectivity index (χ4v) is 6.05. The average Bonchev–Trinajstić information content (AvgIpc) is 3.43. The first-order chi connectivity index (χ1) is 18.5. The van der Waals surface area contributed by atoms with Crippen LogP contribution in [0.15, 0.2) is 76.6 Å². The van der Waals surface area contributed by atoms with Gasteiger partial charge in [-0.1, -0.05) is 47.6 Å². The lowest BCUT2D eigenvalue weighted by atomic mass is 9.70. The summed E-state index contributed by atoms with van der Waals surface area (Å²) in [5.74, 6) is -6.52. The van der Waals surface area contributed by atoms with Crippen molar-refractivity contribution in [3.8, 4) is 6.07 Å². The summed E-state index contributed by atoms with van der Waals surface area (Å²) in [6.45, 7) is 0. The molecular weight excluding hydrogens is 578 g/mol. The quantitative estimate of drug-likeness (QED) is 0.226. The van der Waals surface area contributed by atoms with E-state index in [1.165, 1.54) is 53.9 Å². The van der Waals surface area contributed by atoms with Gasteiger partial charge in [0.05, 0.1) is 33.2 Å². The number of ketones is 1. The van der Waals surface area contributed by atoms with Gasteiger partial charge >= 0.3 is 6.18 Å². The van der Waals surface area contributed by atoms with Crippen LogP contribution >= 0.6 is 34.7 Å². The maximum Gasteiger partial charge on any atom is 0.437 e. The molecule has 1 aromatic heterocycles. The van der Waals surface area contributed by atoms with Gasteiger partial charge in [0.15, 0.2) is 5.78 Å².